The zero-order chi connectivity index (χ0) is 34.6. The van der Waals surface area contributed by atoms with E-state index in [1.807, 2.05) is 26.0 Å². The third kappa shape index (κ3) is 8.49. The number of hydrogen-bond donors (Lipinski definition) is 4. The molecule has 4 N–H and O–H groups in total. The van der Waals surface area contributed by atoms with E-state index in [1.54, 1.807) is 44.2 Å². The Hall–Kier alpha value is -3.65. The van der Waals surface area contributed by atoms with Crippen molar-refractivity contribution in [2.45, 2.75) is 113 Å². The topological polar surface area (TPSA) is 163 Å². The second kappa shape index (κ2) is 14.9. The maximum atomic E-state index is 13.4. The molecular weight excluding hydrogens is 651 g/mol. The standard InChI is InChI=1S/C35H45N5O6S2/c1-22-16-18-24(3)32(20-22)47(43,44)39-28-12-7-5-10-26(28)37-34(41)30-14-9-15-31(36-30)35(42)38-27-11-6-8-13-29(27)40-48(45,46)33-21-23(2)17-19-25(33)4/h9,14-21,26-29,39-40H,5-8,10-13H2,1-4H3,(H,37,41)(H,38,42)/t26-,27-,28-,29-/m1/s1. The van der Waals surface area contributed by atoms with Crippen LogP contribution in [0.25, 0.3) is 0 Å². The number of nitrogens with zero attached hydrogens (tertiary/aromatic N) is 1. The Balaban J connectivity index is 1.26. The lowest BCUT2D eigenvalue weighted by Crippen LogP contribution is -2.53. The number of hydrogen-bond acceptors (Lipinski definition) is 7. The Morgan fingerprint density at radius 1 is 0.583 bits per heavy atom. The van der Waals surface area contributed by atoms with Crippen molar-refractivity contribution in [1.29, 1.82) is 0 Å². The highest BCUT2D eigenvalue weighted by atomic mass is 32.2. The molecule has 0 bridgehead atoms. The van der Waals surface area contributed by atoms with E-state index in [0.717, 1.165) is 36.8 Å². The lowest BCUT2D eigenvalue weighted by atomic mass is 9.91. The molecule has 2 saturated carbocycles. The molecule has 1 aromatic heterocycles. The molecule has 0 spiro atoms. The molecule has 5 rings (SSSR count). The summed E-state index contributed by atoms with van der Waals surface area (Å²) in [6.45, 7) is 7.18. The Labute approximate surface area is 283 Å². The van der Waals surface area contributed by atoms with E-state index in [1.165, 1.54) is 12.1 Å². The molecule has 0 unspecified atom stereocenters. The Morgan fingerprint density at radius 3 is 1.35 bits per heavy atom. The summed E-state index contributed by atoms with van der Waals surface area (Å²) < 4.78 is 59.0. The van der Waals surface area contributed by atoms with Gasteiger partial charge in [-0.25, -0.2) is 31.3 Å². The van der Waals surface area contributed by atoms with Crippen LogP contribution in [0.4, 0.5) is 0 Å². The van der Waals surface area contributed by atoms with Crippen molar-refractivity contribution in [3.8, 4) is 0 Å². The van der Waals surface area contributed by atoms with Crippen LogP contribution in [0.15, 0.2) is 64.4 Å². The van der Waals surface area contributed by atoms with Crippen LogP contribution >= 0.6 is 0 Å². The fourth-order valence-corrected chi connectivity index (χ4v) is 9.86. The first-order valence-corrected chi connectivity index (χ1v) is 19.5. The fourth-order valence-electron chi connectivity index (χ4n) is 6.58. The molecule has 2 aromatic carbocycles. The number of benzene rings is 2. The molecule has 11 nitrogen and oxygen atoms in total. The van der Waals surface area contributed by atoms with Crippen molar-refractivity contribution in [3.63, 3.8) is 0 Å². The van der Waals surface area contributed by atoms with E-state index in [2.05, 4.69) is 25.1 Å². The Kier molecular flexibility index (Phi) is 11.0. The van der Waals surface area contributed by atoms with Crippen LogP contribution in [0.1, 0.15) is 94.6 Å². The third-order valence-electron chi connectivity index (χ3n) is 9.26. The SMILES string of the molecule is Cc1ccc(C)c(S(=O)(=O)N[C@@H]2CCCC[C@H]2NC(=O)c2cccc(C(=O)N[C@@H]3CCCC[C@H]3NS(=O)(=O)c3cc(C)ccc3C)n2)c1. The molecule has 1 heterocycles. The second-order valence-corrected chi connectivity index (χ2v) is 16.5. The number of sulfonamides is 2. The molecule has 258 valence electrons. The molecule has 3 aromatic rings. The van der Waals surface area contributed by atoms with Crippen LogP contribution in [0.3, 0.4) is 0 Å². The summed E-state index contributed by atoms with van der Waals surface area (Å²) >= 11 is 0. The molecule has 0 saturated heterocycles. The van der Waals surface area contributed by atoms with Crippen LogP contribution < -0.4 is 20.1 Å². The predicted octanol–water partition coefficient (Wildman–Crippen LogP) is 4.35. The summed E-state index contributed by atoms with van der Waals surface area (Å²) in [5.41, 5.74) is 3.01. The van der Waals surface area contributed by atoms with Gasteiger partial charge in [0.15, 0.2) is 0 Å². The minimum Gasteiger partial charge on any atom is -0.346 e. The van der Waals surface area contributed by atoms with Crippen LogP contribution in [0.5, 0.6) is 0 Å². The van der Waals surface area contributed by atoms with Gasteiger partial charge in [0.05, 0.1) is 9.79 Å². The quantitative estimate of drug-likeness (QED) is 0.245. The highest BCUT2D eigenvalue weighted by molar-refractivity contribution is 7.89. The molecule has 4 atom stereocenters. The number of carbonyl (C=O) groups is 2. The highest BCUT2D eigenvalue weighted by Gasteiger charge is 2.33. The number of carbonyl (C=O) groups excluding carboxylic acids is 2. The summed E-state index contributed by atoms with van der Waals surface area (Å²) in [6.07, 6.45) is 5.63. The zero-order valence-electron chi connectivity index (χ0n) is 27.9. The van der Waals surface area contributed by atoms with Crippen LogP contribution in [-0.2, 0) is 20.0 Å². The number of aromatic nitrogens is 1. The van der Waals surface area contributed by atoms with Gasteiger partial charge in [-0.1, -0.05) is 56.0 Å². The molecule has 2 amide bonds. The zero-order valence-corrected chi connectivity index (χ0v) is 29.5. The molecule has 13 heteroatoms. The lowest BCUT2D eigenvalue weighted by Gasteiger charge is -2.33. The van der Waals surface area contributed by atoms with Gasteiger partial charge in [-0.15, -0.1) is 0 Å². The van der Waals surface area contributed by atoms with Gasteiger partial charge in [-0.3, -0.25) is 9.59 Å². The van der Waals surface area contributed by atoms with Crippen molar-refractivity contribution in [2.75, 3.05) is 0 Å². The van der Waals surface area contributed by atoms with Gasteiger partial charge in [0, 0.05) is 24.2 Å². The Morgan fingerprint density at radius 2 is 0.958 bits per heavy atom. The molecule has 0 radical (unpaired) electrons. The Bertz CT molecular complexity index is 1760. The minimum absolute atomic E-state index is 0.0279. The average Bonchev–Trinajstić information content (AvgIpc) is 3.05. The first-order chi connectivity index (χ1) is 22.7. The highest BCUT2D eigenvalue weighted by Crippen LogP contribution is 2.25. The second-order valence-electron chi connectivity index (χ2n) is 13.1. The molecular formula is C35H45N5O6S2. The average molecular weight is 696 g/mol. The number of rotatable bonds is 10. The number of nitrogens with one attached hydrogen (secondary N) is 4. The van der Waals surface area contributed by atoms with Crippen LogP contribution in [0.2, 0.25) is 0 Å². The summed E-state index contributed by atoms with van der Waals surface area (Å²) in [5.74, 6) is -1.02. The summed E-state index contributed by atoms with van der Waals surface area (Å²) in [7, 11) is -7.65. The number of amides is 2. The lowest BCUT2D eigenvalue weighted by molar-refractivity contribution is 0.0908. The number of aryl methyl sites for hydroxylation is 4. The van der Waals surface area contributed by atoms with Crippen LogP contribution in [-0.4, -0.2) is 57.8 Å². The van der Waals surface area contributed by atoms with Gasteiger partial charge in [0.2, 0.25) is 20.0 Å². The minimum atomic E-state index is -3.83. The van der Waals surface area contributed by atoms with Crippen molar-refractivity contribution in [1.82, 2.24) is 25.1 Å². The van der Waals surface area contributed by atoms with Crippen molar-refractivity contribution in [3.05, 3.63) is 88.2 Å². The maximum Gasteiger partial charge on any atom is 0.270 e. The number of pyridine rings is 1. The monoisotopic (exact) mass is 695 g/mol. The first-order valence-electron chi connectivity index (χ1n) is 16.5. The van der Waals surface area contributed by atoms with E-state index in [4.69, 9.17) is 0 Å². The smallest absolute Gasteiger partial charge is 0.270 e. The van der Waals surface area contributed by atoms with Crippen molar-refractivity contribution >= 4 is 31.9 Å². The normalized spacial score (nSPS) is 21.8. The summed E-state index contributed by atoms with van der Waals surface area (Å²) in [4.78, 5) is 31.6. The molecule has 2 fully saturated rings. The van der Waals surface area contributed by atoms with Gasteiger partial charge in [-0.05, 0) is 99.9 Å². The molecule has 2 aliphatic carbocycles. The van der Waals surface area contributed by atoms with Crippen LogP contribution in [0, 0.1) is 27.7 Å². The van der Waals surface area contributed by atoms with Gasteiger partial charge in [0.25, 0.3) is 11.8 Å². The van der Waals surface area contributed by atoms with Crippen molar-refractivity contribution < 1.29 is 26.4 Å². The van der Waals surface area contributed by atoms with E-state index in [9.17, 15) is 26.4 Å². The maximum absolute atomic E-state index is 13.4. The molecule has 48 heavy (non-hydrogen) atoms. The van der Waals surface area contributed by atoms with E-state index < -0.39 is 56.0 Å². The van der Waals surface area contributed by atoms with Gasteiger partial charge in [-0.2, -0.15) is 0 Å². The van der Waals surface area contributed by atoms with Gasteiger partial charge in [0.1, 0.15) is 11.4 Å². The first kappa shape index (κ1) is 35.7. The van der Waals surface area contributed by atoms with Crippen molar-refractivity contribution in [2.24, 2.45) is 0 Å². The molecule has 0 aliphatic heterocycles. The molecule has 2 aliphatic rings. The van der Waals surface area contributed by atoms with E-state index in [0.29, 0.717) is 36.8 Å². The summed E-state index contributed by atoms with van der Waals surface area (Å²) in [6, 6.07) is 13.2. The fraction of sp³-hybridized carbons (Fsp3) is 0.457. The van der Waals surface area contributed by atoms with Gasteiger partial charge >= 0.3 is 0 Å². The van der Waals surface area contributed by atoms with E-state index in [-0.39, 0.29) is 21.2 Å². The third-order valence-corrected chi connectivity index (χ3v) is 12.5. The largest absolute Gasteiger partial charge is 0.346 e. The predicted molar refractivity (Wildman–Crippen MR) is 184 cm³/mol. The van der Waals surface area contributed by atoms with Gasteiger partial charge < -0.3 is 10.6 Å². The van der Waals surface area contributed by atoms with E-state index >= 15 is 0 Å². The summed E-state index contributed by atoms with van der Waals surface area (Å²) in [5, 5.41) is 5.91.